The van der Waals surface area contributed by atoms with Crippen LogP contribution in [-0.2, 0) is 24.2 Å². The van der Waals surface area contributed by atoms with Gasteiger partial charge in [0, 0.05) is 24.0 Å². The highest BCUT2D eigenvalue weighted by Gasteiger charge is 2.23. The van der Waals surface area contributed by atoms with Gasteiger partial charge in [0.25, 0.3) is 0 Å². The van der Waals surface area contributed by atoms with Gasteiger partial charge in [-0.3, -0.25) is 9.69 Å². The highest BCUT2D eigenvalue weighted by atomic mass is 16.5. The van der Waals surface area contributed by atoms with Crippen molar-refractivity contribution in [3.63, 3.8) is 0 Å². The Bertz CT molecular complexity index is 988. The molecular weight excluding hydrogens is 350 g/mol. The zero-order chi connectivity index (χ0) is 18.9. The zero-order valence-electron chi connectivity index (χ0n) is 16.0. The molecule has 0 atom stereocenters. The molecule has 0 aliphatic carbocycles. The molecule has 3 aromatic rings. The molecule has 0 spiro atoms. The van der Waals surface area contributed by atoms with Crippen molar-refractivity contribution in [2.24, 2.45) is 5.92 Å². The SMILES string of the molecule is O=C1Cc2cc3noc(CCC4CCN(Cc5ccccc5)CC4)c3cc2N1. The molecule has 0 unspecified atom stereocenters. The fourth-order valence-corrected chi connectivity index (χ4v) is 4.50. The molecule has 144 valence electrons. The maximum Gasteiger partial charge on any atom is 0.228 e. The molecule has 28 heavy (non-hydrogen) atoms. The number of aromatic nitrogens is 1. The Kier molecular flexibility index (Phi) is 4.61. The highest BCUT2D eigenvalue weighted by molar-refractivity contribution is 6.02. The third-order valence-corrected chi connectivity index (χ3v) is 6.14. The van der Waals surface area contributed by atoms with Crippen LogP contribution in [-0.4, -0.2) is 29.1 Å². The standard InChI is InChI=1S/C23H25N3O2/c27-23-13-18-12-21-19(14-20(18)24-23)22(28-25-21)7-6-16-8-10-26(11-9-16)15-17-4-2-1-3-5-17/h1-5,12,14,16H,6-11,13,15H2,(H,24,27). The van der Waals surface area contributed by atoms with E-state index < -0.39 is 0 Å². The molecule has 0 saturated carbocycles. The predicted octanol–water partition coefficient (Wildman–Crippen LogP) is 4.17. The van der Waals surface area contributed by atoms with Crippen molar-refractivity contribution in [3.8, 4) is 0 Å². The Morgan fingerprint density at radius 2 is 1.96 bits per heavy atom. The van der Waals surface area contributed by atoms with Crippen LogP contribution in [0.5, 0.6) is 0 Å². The first kappa shape index (κ1) is 17.4. The van der Waals surface area contributed by atoms with Crippen LogP contribution in [0, 0.1) is 5.92 Å². The van der Waals surface area contributed by atoms with E-state index >= 15 is 0 Å². The number of rotatable bonds is 5. The Morgan fingerprint density at radius 1 is 1.14 bits per heavy atom. The van der Waals surface area contributed by atoms with Crippen LogP contribution in [0.25, 0.3) is 10.9 Å². The number of anilines is 1. The minimum absolute atomic E-state index is 0.0587. The molecule has 5 rings (SSSR count). The first-order valence-electron chi connectivity index (χ1n) is 10.2. The molecule has 5 nitrogen and oxygen atoms in total. The Morgan fingerprint density at radius 3 is 2.79 bits per heavy atom. The van der Waals surface area contributed by atoms with Gasteiger partial charge in [0.15, 0.2) is 0 Å². The molecule has 1 N–H and O–H groups in total. The number of likely N-dealkylation sites (tertiary alicyclic amines) is 1. The van der Waals surface area contributed by atoms with Crippen LogP contribution >= 0.6 is 0 Å². The minimum atomic E-state index is 0.0587. The summed E-state index contributed by atoms with van der Waals surface area (Å²) in [5.74, 6) is 1.75. The lowest BCUT2D eigenvalue weighted by molar-refractivity contribution is -0.115. The summed E-state index contributed by atoms with van der Waals surface area (Å²) in [5, 5.41) is 8.19. The van der Waals surface area contributed by atoms with Crippen LogP contribution in [0.1, 0.15) is 36.1 Å². The van der Waals surface area contributed by atoms with Crippen LogP contribution in [0.2, 0.25) is 0 Å². The number of nitrogens with zero attached hydrogens (tertiary/aromatic N) is 2. The maximum atomic E-state index is 11.6. The largest absolute Gasteiger partial charge is 0.360 e. The number of piperidine rings is 1. The zero-order valence-corrected chi connectivity index (χ0v) is 16.0. The van der Waals surface area contributed by atoms with E-state index in [1.54, 1.807) is 0 Å². The molecule has 0 radical (unpaired) electrons. The number of aryl methyl sites for hydroxylation is 1. The molecule has 2 aliphatic heterocycles. The Hall–Kier alpha value is -2.66. The molecule has 3 heterocycles. The summed E-state index contributed by atoms with van der Waals surface area (Å²) < 4.78 is 5.64. The smallest absolute Gasteiger partial charge is 0.228 e. The van der Waals surface area contributed by atoms with E-state index in [-0.39, 0.29) is 5.91 Å². The second-order valence-electron chi connectivity index (χ2n) is 8.10. The lowest BCUT2D eigenvalue weighted by atomic mass is 9.91. The number of amides is 1. The first-order valence-corrected chi connectivity index (χ1v) is 10.2. The quantitative estimate of drug-likeness (QED) is 0.727. The normalized spacial score (nSPS) is 17.8. The predicted molar refractivity (Wildman–Crippen MR) is 109 cm³/mol. The summed E-state index contributed by atoms with van der Waals surface area (Å²) >= 11 is 0. The van der Waals surface area contributed by atoms with Gasteiger partial charge in [-0.1, -0.05) is 35.5 Å². The summed E-state index contributed by atoms with van der Waals surface area (Å²) in [6.07, 6.45) is 4.96. The van der Waals surface area contributed by atoms with E-state index in [0.717, 1.165) is 66.3 Å². The van der Waals surface area contributed by atoms with Gasteiger partial charge in [-0.15, -0.1) is 0 Å². The lowest BCUT2D eigenvalue weighted by Gasteiger charge is -2.31. The third-order valence-electron chi connectivity index (χ3n) is 6.14. The fraction of sp³-hybridized carbons (Fsp3) is 0.391. The number of carbonyl (C=O) groups excluding carboxylic acids is 1. The van der Waals surface area contributed by atoms with Crippen molar-refractivity contribution in [2.75, 3.05) is 18.4 Å². The van der Waals surface area contributed by atoms with Crippen LogP contribution in [0.3, 0.4) is 0 Å². The van der Waals surface area contributed by atoms with Crippen molar-refractivity contribution >= 4 is 22.5 Å². The van der Waals surface area contributed by atoms with Crippen LogP contribution < -0.4 is 5.32 Å². The maximum absolute atomic E-state index is 11.6. The summed E-state index contributed by atoms with van der Waals surface area (Å²) in [6.45, 7) is 3.38. The summed E-state index contributed by atoms with van der Waals surface area (Å²) in [7, 11) is 0. The topological polar surface area (TPSA) is 58.4 Å². The van der Waals surface area contributed by atoms with E-state index in [2.05, 4.69) is 45.7 Å². The van der Waals surface area contributed by atoms with Crippen molar-refractivity contribution in [1.29, 1.82) is 0 Å². The van der Waals surface area contributed by atoms with Gasteiger partial charge >= 0.3 is 0 Å². The molecular formula is C23H25N3O2. The number of benzene rings is 2. The molecule has 5 heteroatoms. The van der Waals surface area contributed by atoms with E-state index in [0.29, 0.717) is 6.42 Å². The molecule has 2 aromatic carbocycles. The molecule has 1 saturated heterocycles. The summed E-state index contributed by atoms with van der Waals surface area (Å²) in [4.78, 5) is 14.2. The van der Waals surface area contributed by atoms with Gasteiger partial charge in [-0.25, -0.2) is 0 Å². The number of nitrogens with one attached hydrogen (secondary N) is 1. The van der Waals surface area contributed by atoms with Crippen molar-refractivity contribution in [2.45, 2.75) is 38.6 Å². The molecule has 2 aliphatic rings. The van der Waals surface area contributed by atoms with Gasteiger partial charge in [0.1, 0.15) is 11.3 Å². The van der Waals surface area contributed by atoms with Gasteiger partial charge < -0.3 is 9.84 Å². The number of hydrogen-bond donors (Lipinski definition) is 1. The lowest BCUT2D eigenvalue weighted by Crippen LogP contribution is -2.33. The van der Waals surface area contributed by atoms with Crippen molar-refractivity contribution in [1.82, 2.24) is 10.1 Å². The van der Waals surface area contributed by atoms with Gasteiger partial charge in [0.05, 0.1) is 6.42 Å². The van der Waals surface area contributed by atoms with E-state index in [4.69, 9.17) is 4.52 Å². The monoisotopic (exact) mass is 375 g/mol. The summed E-state index contributed by atoms with van der Waals surface area (Å²) in [6, 6.07) is 14.7. The number of carbonyl (C=O) groups is 1. The average Bonchev–Trinajstić information content (AvgIpc) is 3.27. The van der Waals surface area contributed by atoms with Gasteiger partial charge in [-0.2, -0.15) is 0 Å². The van der Waals surface area contributed by atoms with E-state index in [1.165, 1.54) is 18.4 Å². The minimum Gasteiger partial charge on any atom is -0.360 e. The third kappa shape index (κ3) is 3.54. The number of hydrogen-bond acceptors (Lipinski definition) is 4. The molecule has 1 aromatic heterocycles. The van der Waals surface area contributed by atoms with E-state index in [1.807, 2.05) is 12.1 Å². The van der Waals surface area contributed by atoms with Crippen molar-refractivity contribution < 1.29 is 9.32 Å². The Labute approximate surface area is 164 Å². The van der Waals surface area contributed by atoms with Gasteiger partial charge in [-0.05, 0) is 61.5 Å². The van der Waals surface area contributed by atoms with Gasteiger partial charge in [0.2, 0.25) is 5.91 Å². The molecule has 1 amide bonds. The first-order chi connectivity index (χ1) is 13.7. The van der Waals surface area contributed by atoms with Crippen molar-refractivity contribution in [3.05, 3.63) is 59.4 Å². The number of fused-ring (bicyclic) bond motifs is 2. The second-order valence-corrected chi connectivity index (χ2v) is 8.10. The average molecular weight is 375 g/mol. The summed E-state index contributed by atoms with van der Waals surface area (Å²) in [5.41, 5.74) is 4.19. The van der Waals surface area contributed by atoms with Crippen LogP contribution in [0.4, 0.5) is 5.69 Å². The fourth-order valence-electron chi connectivity index (χ4n) is 4.50. The van der Waals surface area contributed by atoms with Crippen LogP contribution in [0.15, 0.2) is 47.0 Å². The van der Waals surface area contributed by atoms with E-state index in [9.17, 15) is 4.79 Å². The molecule has 1 fully saturated rings. The second kappa shape index (κ2) is 7.40. The molecule has 0 bridgehead atoms. The highest BCUT2D eigenvalue weighted by Crippen LogP contribution is 2.32. The Balaban J connectivity index is 1.17.